The summed E-state index contributed by atoms with van der Waals surface area (Å²) in [5, 5.41) is 3.42. The molecule has 1 fully saturated rings. The molecule has 1 heterocycles. The maximum atomic E-state index is 12.9. The number of hydrogen-bond donors (Lipinski definition) is 1. The number of Topliss-reactive ketones (excluding diaryl/α,β-unsaturated/α-hetero) is 1. The Labute approximate surface area is 116 Å². The SMILES string of the molecule is CCCC1(C(=O)c2ccc(C)c(C)c2)CCCNC1. The number of carbonyl (C=O) groups is 1. The van der Waals surface area contributed by atoms with Crippen molar-refractivity contribution in [1.82, 2.24) is 5.32 Å². The third-order valence-electron chi connectivity index (χ3n) is 4.45. The predicted molar refractivity (Wildman–Crippen MR) is 79.7 cm³/mol. The minimum Gasteiger partial charge on any atom is -0.316 e. The summed E-state index contributed by atoms with van der Waals surface area (Å²) >= 11 is 0. The second-order valence-corrected chi connectivity index (χ2v) is 5.94. The van der Waals surface area contributed by atoms with Gasteiger partial charge in [0.1, 0.15) is 0 Å². The lowest BCUT2D eigenvalue weighted by molar-refractivity contribution is 0.0718. The number of hydrogen-bond acceptors (Lipinski definition) is 2. The van der Waals surface area contributed by atoms with Crippen molar-refractivity contribution in [3.05, 3.63) is 34.9 Å². The molecule has 0 bridgehead atoms. The normalized spacial score (nSPS) is 23.3. The summed E-state index contributed by atoms with van der Waals surface area (Å²) < 4.78 is 0. The standard InChI is InChI=1S/C17H25NO/c1-4-8-17(9-5-10-18-12-17)16(19)15-7-6-13(2)14(3)11-15/h6-7,11,18H,4-5,8-10,12H2,1-3H3. The molecular weight excluding hydrogens is 234 g/mol. The molecule has 0 spiro atoms. The monoisotopic (exact) mass is 259 g/mol. The highest BCUT2D eigenvalue weighted by molar-refractivity contribution is 6.01. The molecule has 104 valence electrons. The fourth-order valence-corrected chi connectivity index (χ4v) is 3.16. The quantitative estimate of drug-likeness (QED) is 0.836. The van der Waals surface area contributed by atoms with Gasteiger partial charge in [0.05, 0.1) is 0 Å². The average Bonchev–Trinajstić information content (AvgIpc) is 2.42. The lowest BCUT2D eigenvalue weighted by Crippen LogP contribution is -2.45. The van der Waals surface area contributed by atoms with Gasteiger partial charge in [-0.2, -0.15) is 0 Å². The van der Waals surface area contributed by atoms with Gasteiger partial charge in [-0.05, 0) is 56.8 Å². The van der Waals surface area contributed by atoms with Crippen LogP contribution in [0.1, 0.15) is 54.1 Å². The van der Waals surface area contributed by atoms with Crippen LogP contribution in [0.25, 0.3) is 0 Å². The maximum absolute atomic E-state index is 12.9. The summed E-state index contributed by atoms with van der Waals surface area (Å²) in [6.07, 6.45) is 4.19. The van der Waals surface area contributed by atoms with Crippen LogP contribution in [0, 0.1) is 19.3 Å². The van der Waals surface area contributed by atoms with E-state index in [4.69, 9.17) is 0 Å². The molecule has 0 amide bonds. The third kappa shape index (κ3) is 2.89. The van der Waals surface area contributed by atoms with E-state index >= 15 is 0 Å². The van der Waals surface area contributed by atoms with Gasteiger partial charge in [0, 0.05) is 17.5 Å². The highest BCUT2D eigenvalue weighted by atomic mass is 16.1. The summed E-state index contributed by atoms with van der Waals surface area (Å²) in [5.74, 6) is 0.338. The van der Waals surface area contributed by atoms with E-state index in [0.29, 0.717) is 5.78 Å². The van der Waals surface area contributed by atoms with Gasteiger partial charge in [-0.15, -0.1) is 0 Å². The molecule has 1 N–H and O–H groups in total. The summed E-state index contributed by atoms with van der Waals surface area (Å²) in [4.78, 5) is 12.9. The number of carbonyl (C=O) groups excluding carboxylic acids is 1. The van der Waals surface area contributed by atoms with Gasteiger partial charge >= 0.3 is 0 Å². The van der Waals surface area contributed by atoms with Crippen LogP contribution in [-0.2, 0) is 0 Å². The van der Waals surface area contributed by atoms with E-state index in [2.05, 4.69) is 38.2 Å². The fourth-order valence-electron chi connectivity index (χ4n) is 3.16. The minimum atomic E-state index is -0.172. The van der Waals surface area contributed by atoms with Crippen LogP contribution in [0.4, 0.5) is 0 Å². The van der Waals surface area contributed by atoms with Gasteiger partial charge in [-0.25, -0.2) is 0 Å². The summed E-state index contributed by atoms with van der Waals surface area (Å²) in [7, 11) is 0. The van der Waals surface area contributed by atoms with Crippen molar-refractivity contribution in [2.45, 2.75) is 46.5 Å². The third-order valence-corrected chi connectivity index (χ3v) is 4.45. The van der Waals surface area contributed by atoms with Crippen molar-refractivity contribution in [2.24, 2.45) is 5.41 Å². The van der Waals surface area contributed by atoms with Crippen molar-refractivity contribution < 1.29 is 4.79 Å². The van der Waals surface area contributed by atoms with Crippen LogP contribution in [0.15, 0.2) is 18.2 Å². The van der Waals surface area contributed by atoms with Crippen molar-refractivity contribution in [3.63, 3.8) is 0 Å². The summed E-state index contributed by atoms with van der Waals surface area (Å²) in [6.45, 7) is 8.23. The predicted octanol–water partition coefficient (Wildman–Crippen LogP) is 3.66. The van der Waals surface area contributed by atoms with Gasteiger partial charge in [0.15, 0.2) is 5.78 Å². The molecule has 0 saturated carbocycles. The smallest absolute Gasteiger partial charge is 0.170 e. The first kappa shape index (κ1) is 14.3. The maximum Gasteiger partial charge on any atom is 0.170 e. The second kappa shape index (κ2) is 5.87. The molecule has 1 aliphatic heterocycles. The molecule has 2 rings (SSSR count). The Morgan fingerprint density at radius 2 is 2.11 bits per heavy atom. The van der Waals surface area contributed by atoms with Crippen LogP contribution in [0.5, 0.6) is 0 Å². The van der Waals surface area contributed by atoms with Gasteiger partial charge < -0.3 is 5.32 Å². The molecular formula is C17H25NO. The Balaban J connectivity index is 2.30. The van der Waals surface area contributed by atoms with E-state index in [0.717, 1.165) is 44.3 Å². The zero-order valence-corrected chi connectivity index (χ0v) is 12.4. The van der Waals surface area contributed by atoms with Crippen molar-refractivity contribution in [3.8, 4) is 0 Å². The number of benzene rings is 1. The molecule has 1 atom stereocenters. The lowest BCUT2D eigenvalue weighted by Gasteiger charge is -2.36. The molecule has 1 aromatic carbocycles. The van der Waals surface area contributed by atoms with E-state index in [1.165, 1.54) is 11.1 Å². The fraction of sp³-hybridized carbons (Fsp3) is 0.588. The van der Waals surface area contributed by atoms with Gasteiger partial charge in [-0.3, -0.25) is 4.79 Å². The summed E-state index contributed by atoms with van der Waals surface area (Å²) in [5.41, 5.74) is 3.18. The molecule has 1 aliphatic rings. The number of rotatable bonds is 4. The second-order valence-electron chi connectivity index (χ2n) is 5.94. The van der Waals surface area contributed by atoms with E-state index in [9.17, 15) is 4.79 Å². The van der Waals surface area contributed by atoms with Crippen LogP contribution < -0.4 is 5.32 Å². The number of aryl methyl sites for hydroxylation is 2. The topological polar surface area (TPSA) is 29.1 Å². The molecule has 1 saturated heterocycles. The molecule has 1 unspecified atom stereocenters. The van der Waals surface area contributed by atoms with Crippen LogP contribution in [0.2, 0.25) is 0 Å². The van der Waals surface area contributed by atoms with E-state index in [1.54, 1.807) is 0 Å². The van der Waals surface area contributed by atoms with E-state index < -0.39 is 0 Å². The molecule has 2 heteroatoms. The lowest BCUT2D eigenvalue weighted by atomic mass is 9.71. The van der Waals surface area contributed by atoms with E-state index in [-0.39, 0.29) is 5.41 Å². The van der Waals surface area contributed by atoms with Gasteiger partial charge in [0.2, 0.25) is 0 Å². The molecule has 2 nitrogen and oxygen atoms in total. The summed E-state index contributed by atoms with van der Waals surface area (Å²) in [6, 6.07) is 6.12. The first-order valence-corrected chi connectivity index (χ1v) is 7.42. The molecule has 0 radical (unpaired) electrons. The zero-order chi connectivity index (χ0) is 13.9. The van der Waals surface area contributed by atoms with Crippen LogP contribution in [0.3, 0.4) is 0 Å². The zero-order valence-electron chi connectivity index (χ0n) is 12.4. The number of piperidine rings is 1. The van der Waals surface area contributed by atoms with E-state index in [1.807, 2.05) is 6.07 Å². The Kier molecular flexibility index (Phi) is 4.41. The van der Waals surface area contributed by atoms with Crippen molar-refractivity contribution >= 4 is 5.78 Å². The molecule has 0 aliphatic carbocycles. The Hall–Kier alpha value is -1.15. The van der Waals surface area contributed by atoms with Crippen molar-refractivity contribution in [2.75, 3.05) is 13.1 Å². The number of ketones is 1. The Morgan fingerprint density at radius 3 is 2.68 bits per heavy atom. The van der Waals surface area contributed by atoms with Crippen LogP contribution >= 0.6 is 0 Å². The first-order valence-electron chi connectivity index (χ1n) is 7.42. The van der Waals surface area contributed by atoms with Gasteiger partial charge in [0.25, 0.3) is 0 Å². The minimum absolute atomic E-state index is 0.172. The van der Waals surface area contributed by atoms with Gasteiger partial charge in [-0.1, -0.05) is 25.5 Å². The van der Waals surface area contributed by atoms with Crippen LogP contribution in [-0.4, -0.2) is 18.9 Å². The highest BCUT2D eigenvalue weighted by Gasteiger charge is 2.38. The molecule has 19 heavy (non-hydrogen) atoms. The molecule has 1 aromatic rings. The Bertz CT molecular complexity index is 453. The average molecular weight is 259 g/mol. The largest absolute Gasteiger partial charge is 0.316 e. The first-order chi connectivity index (χ1) is 9.09. The van der Waals surface area contributed by atoms with Crippen molar-refractivity contribution in [1.29, 1.82) is 0 Å². The Morgan fingerprint density at radius 1 is 1.32 bits per heavy atom. The number of nitrogens with one attached hydrogen (secondary N) is 1. The molecule has 0 aromatic heterocycles. The highest BCUT2D eigenvalue weighted by Crippen LogP contribution is 2.35.